The molecule has 0 spiro atoms. The molecular formula is C29H34N8O2. The van der Waals surface area contributed by atoms with E-state index >= 15 is 0 Å². The zero-order chi connectivity index (χ0) is 28.0. The van der Waals surface area contributed by atoms with Crippen LogP contribution in [0.1, 0.15) is 36.2 Å². The summed E-state index contributed by atoms with van der Waals surface area (Å²) in [6.45, 7) is 5.10. The first-order chi connectivity index (χ1) is 18.8. The number of carbonyl (C=O) groups excluding carboxylic acids is 2. The van der Waals surface area contributed by atoms with Crippen molar-refractivity contribution < 1.29 is 9.59 Å². The lowest BCUT2D eigenvalue weighted by atomic mass is 9.78. The second-order valence-corrected chi connectivity index (χ2v) is 9.77. The van der Waals surface area contributed by atoms with Gasteiger partial charge >= 0.3 is 0 Å². The molecule has 0 aliphatic heterocycles. The van der Waals surface area contributed by atoms with E-state index in [2.05, 4.69) is 55.8 Å². The van der Waals surface area contributed by atoms with Gasteiger partial charge in [-0.3, -0.25) is 14.6 Å². The van der Waals surface area contributed by atoms with E-state index < -0.39 is 0 Å². The van der Waals surface area contributed by atoms with Gasteiger partial charge in [0, 0.05) is 62.5 Å². The van der Waals surface area contributed by atoms with Gasteiger partial charge in [0.05, 0.1) is 23.3 Å². The molecule has 10 nitrogen and oxygen atoms in total. The molecule has 0 saturated heterocycles. The molecule has 1 aromatic carbocycles. The minimum Gasteiger partial charge on any atom is -0.369 e. The molecule has 0 unspecified atom stereocenters. The third-order valence-corrected chi connectivity index (χ3v) is 6.98. The van der Waals surface area contributed by atoms with Crippen LogP contribution in [-0.4, -0.2) is 70.9 Å². The molecule has 1 atom stereocenters. The van der Waals surface area contributed by atoms with Crippen LogP contribution in [0, 0.1) is 0 Å². The zero-order valence-corrected chi connectivity index (χ0v) is 22.9. The summed E-state index contributed by atoms with van der Waals surface area (Å²) in [4.78, 5) is 43.7. The molecule has 0 aliphatic carbocycles. The lowest BCUT2D eigenvalue weighted by Gasteiger charge is -2.30. The van der Waals surface area contributed by atoms with Crippen LogP contribution in [0.25, 0.3) is 22.2 Å². The SMILES string of the molecule is CC[C@](C)(CNc1cc(-c2ccc(NCC(=O)N(C)C)nc2)ncn1)c1cccc2c(C(=O)NC)ccnc12. The number of hydrogen-bond acceptors (Lipinski definition) is 8. The minimum atomic E-state index is -0.280. The number of para-hydroxylation sites is 1. The Kier molecular flexibility index (Phi) is 8.33. The maximum Gasteiger partial charge on any atom is 0.251 e. The van der Waals surface area contributed by atoms with Crippen molar-refractivity contribution >= 4 is 34.4 Å². The van der Waals surface area contributed by atoms with Gasteiger partial charge in [0.2, 0.25) is 5.91 Å². The Bertz CT molecular complexity index is 1470. The highest BCUT2D eigenvalue weighted by Crippen LogP contribution is 2.34. The molecule has 0 saturated carbocycles. The quantitative estimate of drug-likeness (QED) is 0.286. The number of benzene rings is 1. The highest BCUT2D eigenvalue weighted by Gasteiger charge is 2.28. The fraction of sp³-hybridized carbons (Fsp3) is 0.310. The van der Waals surface area contributed by atoms with Crippen LogP contribution in [-0.2, 0) is 10.2 Å². The van der Waals surface area contributed by atoms with Crippen LogP contribution in [0.5, 0.6) is 0 Å². The molecule has 2 amide bonds. The highest BCUT2D eigenvalue weighted by atomic mass is 16.2. The Hall–Kier alpha value is -4.60. The molecule has 10 heteroatoms. The van der Waals surface area contributed by atoms with Gasteiger partial charge in [0.1, 0.15) is 18.0 Å². The van der Waals surface area contributed by atoms with Gasteiger partial charge < -0.3 is 20.9 Å². The monoisotopic (exact) mass is 526 g/mol. The maximum atomic E-state index is 12.4. The smallest absolute Gasteiger partial charge is 0.251 e. The number of nitrogens with one attached hydrogen (secondary N) is 3. The topological polar surface area (TPSA) is 125 Å². The van der Waals surface area contributed by atoms with Crippen molar-refractivity contribution in [2.75, 3.05) is 44.9 Å². The van der Waals surface area contributed by atoms with Crippen molar-refractivity contribution in [2.24, 2.45) is 0 Å². The first-order valence-electron chi connectivity index (χ1n) is 12.8. The molecule has 3 heterocycles. The summed E-state index contributed by atoms with van der Waals surface area (Å²) >= 11 is 0. The van der Waals surface area contributed by atoms with Crippen molar-refractivity contribution in [3.05, 3.63) is 72.3 Å². The van der Waals surface area contributed by atoms with Gasteiger partial charge in [-0.1, -0.05) is 32.0 Å². The zero-order valence-electron chi connectivity index (χ0n) is 22.9. The lowest BCUT2D eigenvalue weighted by Crippen LogP contribution is -2.31. The fourth-order valence-electron chi connectivity index (χ4n) is 4.28. The minimum absolute atomic E-state index is 0.0300. The number of rotatable bonds is 10. The first-order valence-corrected chi connectivity index (χ1v) is 12.8. The summed E-state index contributed by atoms with van der Waals surface area (Å²) in [5.41, 5.74) is 3.78. The molecule has 4 aromatic rings. The highest BCUT2D eigenvalue weighted by molar-refractivity contribution is 6.06. The number of fused-ring (bicyclic) bond motifs is 1. The predicted molar refractivity (Wildman–Crippen MR) is 154 cm³/mol. The Labute approximate surface area is 228 Å². The molecular weight excluding hydrogens is 492 g/mol. The Morgan fingerprint density at radius 2 is 1.79 bits per heavy atom. The van der Waals surface area contributed by atoms with Crippen molar-refractivity contribution in [2.45, 2.75) is 25.7 Å². The summed E-state index contributed by atoms with van der Waals surface area (Å²) in [7, 11) is 5.06. The van der Waals surface area contributed by atoms with Crippen LogP contribution in [0.2, 0.25) is 0 Å². The third kappa shape index (κ3) is 6.11. The number of amides is 2. The number of anilines is 2. The average molecular weight is 527 g/mol. The van der Waals surface area contributed by atoms with Gasteiger partial charge in [-0.2, -0.15) is 0 Å². The summed E-state index contributed by atoms with van der Waals surface area (Å²) in [6.07, 6.45) is 5.78. The van der Waals surface area contributed by atoms with Gasteiger partial charge in [-0.05, 0) is 30.2 Å². The molecule has 39 heavy (non-hydrogen) atoms. The molecule has 3 aromatic heterocycles. The molecule has 0 fully saturated rings. The van der Waals surface area contributed by atoms with Gasteiger partial charge in [-0.15, -0.1) is 0 Å². The van der Waals surface area contributed by atoms with E-state index in [0.717, 1.165) is 34.1 Å². The average Bonchev–Trinajstić information content (AvgIpc) is 2.98. The van der Waals surface area contributed by atoms with Gasteiger partial charge in [-0.25, -0.2) is 15.0 Å². The Balaban J connectivity index is 1.52. The largest absolute Gasteiger partial charge is 0.369 e. The van der Waals surface area contributed by atoms with Crippen LogP contribution in [0.4, 0.5) is 11.6 Å². The second-order valence-electron chi connectivity index (χ2n) is 9.77. The van der Waals surface area contributed by atoms with E-state index in [1.54, 1.807) is 39.6 Å². The van der Waals surface area contributed by atoms with Crippen LogP contribution < -0.4 is 16.0 Å². The van der Waals surface area contributed by atoms with Gasteiger partial charge in [0.15, 0.2) is 0 Å². The number of nitrogens with zero attached hydrogens (tertiary/aromatic N) is 5. The van der Waals surface area contributed by atoms with E-state index in [1.165, 1.54) is 11.2 Å². The molecule has 0 bridgehead atoms. The fourth-order valence-corrected chi connectivity index (χ4v) is 4.28. The number of pyridine rings is 2. The molecule has 4 rings (SSSR count). The van der Waals surface area contributed by atoms with E-state index in [0.29, 0.717) is 23.7 Å². The maximum absolute atomic E-state index is 12.4. The van der Waals surface area contributed by atoms with Crippen molar-refractivity contribution in [1.82, 2.24) is 30.2 Å². The standard InChI is InChI=1S/C29H34N8O2/c1-6-29(2,22-9-7-8-20-21(28(39)30-3)12-13-31-27(20)22)17-34-25-14-23(35-18-36-25)19-10-11-24(32-15-19)33-16-26(38)37(4)5/h7-15,18H,6,16-17H2,1-5H3,(H,30,39)(H,32,33)(H,34,35,36)/t29-/m1/s1. The van der Waals surface area contributed by atoms with Crippen LogP contribution >= 0.6 is 0 Å². The predicted octanol–water partition coefficient (Wildman–Crippen LogP) is 3.73. The van der Waals surface area contributed by atoms with E-state index in [9.17, 15) is 9.59 Å². The van der Waals surface area contributed by atoms with Crippen molar-refractivity contribution in [3.63, 3.8) is 0 Å². The second kappa shape index (κ2) is 11.8. The first kappa shape index (κ1) is 27.4. The summed E-state index contributed by atoms with van der Waals surface area (Å²) < 4.78 is 0. The molecule has 0 aliphatic rings. The number of hydrogen-bond donors (Lipinski definition) is 3. The summed E-state index contributed by atoms with van der Waals surface area (Å²) in [5, 5.41) is 10.0. The van der Waals surface area contributed by atoms with Crippen molar-refractivity contribution in [1.29, 1.82) is 0 Å². The number of carbonyl (C=O) groups is 2. The van der Waals surface area contributed by atoms with Crippen molar-refractivity contribution in [3.8, 4) is 11.3 Å². The van der Waals surface area contributed by atoms with E-state index in [4.69, 9.17) is 0 Å². The van der Waals surface area contributed by atoms with Crippen LogP contribution in [0.3, 0.4) is 0 Å². The Morgan fingerprint density at radius 1 is 0.974 bits per heavy atom. The summed E-state index contributed by atoms with van der Waals surface area (Å²) in [6, 6.07) is 13.4. The third-order valence-electron chi connectivity index (χ3n) is 6.98. The lowest BCUT2D eigenvalue weighted by molar-refractivity contribution is -0.126. The van der Waals surface area contributed by atoms with Crippen LogP contribution in [0.15, 0.2) is 61.2 Å². The summed E-state index contributed by atoms with van der Waals surface area (Å²) in [5.74, 6) is 1.14. The Morgan fingerprint density at radius 3 is 2.49 bits per heavy atom. The van der Waals surface area contributed by atoms with Gasteiger partial charge in [0.25, 0.3) is 5.91 Å². The molecule has 0 radical (unpaired) electrons. The number of likely N-dealkylation sites (N-methyl/N-ethyl adjacent to an activating group) is 1. The molecule has 3 N–H and O–H groups in total. The molecule has 202 valence electrons. The normalized spacial score (nSPS) is 12.4. The van der Waals surface area contributed by atoms with E-state index in [1.807, 2.05) is 30.3 Å². The van der Waals surface area contributed by atoms with E-state index in [-0.39, 0.29) is 23.8 Å². The number of aromatic nitrogens is 4.